The molecule has 0 spiro atoms. The number of rotatable bonds is 6. The van der Waals surface area contributed by atoms with Crippen molar-refractivity contribution in [2.24, 2.45) is 0 Å². The SMILES string of the molecule is Cc1ccc(C2(CN3CCC(NC(=O)Cn4cnnn4)CC3)CCCC2)cc1. The van der Waals surface area contributed by atoms with Crippen LogP contribution in [0.4, 0.5) is 0 Å². The number of piperidine rings is 1. The van der Waals surface area contributed by atoms with E-state index in [0.717, 1.165) is 32.5 Å². The Kier molecular flexibility index (Phi) is 5.71. The first-order chi connectivity index (χ1) is 13.6. The van der Waals surface area contributed by atoms with E-state index in [-0.39, 0.29) is 18.5 Å². The molecular formula is C21H30N6O. The Labute approximate surface area is 166 Å². The van der Waals surface area contributed by atoms with Crippen LogP contribution in [0.3, 0.4) is 0 Å². The van der Waals surface area contributed by atoms with Crippen LogP contribution in [0.5, 0.6) is 0 Å². The highest BCUT2D eigenvalue weighted by molar-refractivity contribution is 5.75. The number of benzene rings is 1. The fourth-order valence-corrected chi connectivity index (χ4v) is 4.83. The molecule has 2 fully saturated rings. The molecule has 28 heavy (non-hydrogen) atoms. The summed E-state index contributed by atoms with van der Waals surface area (Å²) in [5.74, 6) is -0.0160. The predicted octanol–water partition coefficient (Wildman–Crippen LogP) is 2.07. The molecule has 0 unspecified atom stereocenters. The van der Waals surface area contributed by atoms with Crippen LogP contribution in [0.1, 0.15) is 49.7 Å². The number of carbonyl (C=O) groups excluding carboxylic acids is 1. The Morgan fingerprint density at radius 1 is 1.18 bits per heavy atom. The lowest BCUT2D eigenvalue weighted by atomic mass is 9.77. The van der Waals surface area contributed by atoms with Crippen LogP contribution in [0.25, 0.3) is 0 Å². The maximum absolute atomic E-state index is 12.2. The van der Waals surface area contributed by atoms with Crippen molar-refractivity contribution in [1.82, 2.24) is 30.4 Å². The van der Waals surface area contributed by atoms with Gasteiger partial charge >= 0.3 is 0 Å². The van der Waals surface area contributed by atoms with Gasteiger partial charge in [0.2, 0.25) is 5.91 Å². The quantitative estimate of drug-likeness (QED) is 0.828. The molecular weight excluding hydrogens is 352 g/mol. The summed E-state index contributed by atoms with van der Waals surface area (Å²) in [6, 6.07) is 9.43. The number of hydrogen-bond acceptors (Lipinski definition) is 5. The van der Waals surface area contributed by atoms with E-state index in [1.165, 1.54) is 47.8 Å². The Balaban J connectivity index is 1.30. The lowest BCUT2D eigenvalue weighted by Gasteiger charge is -2.39. The molecule has 1 aliphatic carbocycles. The number of nitrogens with one attached hydrogen (secondary N) is 1. The van der Waals surface area contributed by atoms with E-state index in [1.54, 1.807) is 0 Å². The highest BCUT2D eigenvalue weighted by Gasteiger charge is 2.38. The van der Waals surface area contributed by atoms with E-state index < -0.39 is 0 Å². The van der Waals surface area contributed by atoms with Gasteiger partial charge < -0.3 is 10.2 Å². The third kappa shape index (κ3) is 4.41. The van der Waals surface area contributed by atoms with Crippen LogP contribution in [0, 0.1) is 6.92 Å². The van der Waals surface area contributed by atoms with Crippen LogP contribution < -0.4 is 5.32 Å². The van der Waals surface area contributed by atoms with Crippen molar-refractivity contribution in [1.29, 1.82) is 0 Å². The fraction of sp³-hybridized carbons (Fsp3) is 0.619. The molecule has 1 N–H and O–H groups in total. The zero-order valence-electron chi connectivity index (χ0n) is 16.7. The average Bonchev–Trinajstić information content (AvgIpc) is 3.37. The molecule has 1 aromatic heterocycles. The van der Waals surface area contributed by atoms with Gasteiger partial charge in [-0.25, -0.2) is 4.68 Å². The van der Waals surface area contributed by atoms with Crippen LogP contribution in [0.15, 0.2) is 30.6 Å². The number of aromatic nitrogens is 4. The molecule has 4 rings (SSSR count). The van der Waals surface area contributed by atoms with Crippen molar-refractivity contribution < 1.29 is 4.79 Å². The van der Waals surface area contributed by atoms with Gasteiger partial charge in [0.15, 0.2) is 0 Å². The molecule has 2 aliphatic rings. The highest BCUT2D eigenvalue weighted by atomic mass is 16.2. The summed E-state index contributed by atoms with van der Waals surface area (Å²) in [5.41, 5.74) is 3.15. The van der Waals surface area contributed by atoms with Crippen LogP contribution in [-0.4, -0.2) is 56.7 Å². The van der Waals surface area contributed by atoms with Crippen LogP contribution in [-0.2, 0) is 16.8 Å². The summed E-state index contributed by atoms with van der Waals surface area (Å²) in [4.78, 5) is 14.8. The molecule has 7 nitrogen and oxygen atoms in total. The Hall–Kier alpha value is -2.28. The number of tetrazole rings is 1. The molecule has 0 radical (unpaired) electrons. The Bertz CT molecular complexity index is 759. The summed E-state index contributed by atoms with van der Waals surface area (Å²) < 4.78 is 1.45. The number of hydrogen-bond donors (Lipinski definition) is 1. The lowest BCUT2D eigenvalue weighted by Crippen LogP contribution is -2.48. The van der Waals surface area contributed by atoms with Crippen LogP contribution in [0.2, 0.25) is 0 Å². The number of likely N-dealkylation sites (tertiary alicyclic amines) is 1. The van der Waals surface area contributed by atoms with Crippen molar-refractivity contribution in [2.45, 2.75) is 63.5 Å². The maximum Gasteiger partial charge on any atom is 0.242 e. The highest BCUT2D eigenvalue weighted by Crippen LogP contribution is 2.42. The zero-order chi connectivity index (χ0) is 19.4. The topological polar surface area (TPSA) is 75.9 Å². The van der Waals surface area contributed by atoms with Crippen molar-refractivity contribution in [3.63, 3.8) is 0 Å². The van der Waals surface area contributed by atoms with Gasteiger partial charge in [0, 0.05) is 31.1 Å². The zero-order valence-corrected chi connectivity index (χ0v) is 16.7. The molecule has 2 heterocycles. The molecule has 1 saturated heterocycles. The maximum atomic E-state index is 12.2. The summed E-state index contributed by atoms with van der Waals surface area (Å²) in [6.45, 7) is 5.57. The number of aryl methyl sites for hydroxylation is 1. The van der Waals surface area contributed by atoms with Gasteiger partial charge in [-0.05, 0) is 48.6 Å². The monoisotopic (exact) mass is 382 g/mol. The summed E-state index contributed by atoms with van der Waals surface area (Å²) in [5, 5.41) is 14.0. The largest absolute Gasteiger partial charge is 0.352 e. The van der Waals surface area contributed by atoms with Gasteiger partial charge in [0.25, 0.3) is 0 Å². The second-order valence-electron chi connectivity index (χ2n) is 8.48. The summed E-state index contributed by atoms with van der Waals surface area (Å²) in [7, 11) is 0. The molecule has 0 atom stereocenters. The first-order valence-corrected chi connectivity index (χ1v) is 10.4. The van der Waals surface area contributed by atoms with Crippen molar-refractivity contribution >= 4 is 5.91 Å². The molecule has 150 valence electrons. The van der Waals surface area contributed by atoms with E-state index in [0.29, 0.717) is 5.41 Å². The van der Waals surface area contributed by atoms with Crippen LogP contribution >= 0.6 is 0 Å². The van der Waals surface area contributed by atoms with Gasteiger partial charge in [-0.2, -0.15) is 0 Å². The van der Waals surface area contributed by atoms with E-state index in [4.69, 9.17) is 0 Å². The fourth-order valence-electron chi connectivity index (χ4n) is 4.83. The van der Waals surface area contributed by atoms with Gasteiger partial charge in [-0.1, -0.05) is 42.7 Å². The van der Waals surface area contributed by atoms with Gasteiger partial charge in [0.1, 0.15) is 12.9 Å². The average molecular weight is 383 g/mol. The molecule has 1 aliphatic heterocycles. The van der Waals surface area contributed by atoms with Gasteiger partial charge in [-0.3, -0.25) is 4.79 Å². The summed E-state index contributed by atoms with van der Waals surface area (Å²) in [6.07, 6.45) is 8.72. The normalized spacial score (nSPS) is 20.3. The molecule has 1 amide bonds. The molecule has 1 aromatic carbocycles. The lowest BCUT2D eigenvalue weighted by molar-refractivity contribution is -0.122. The molecule has 1 saturated carbocycles. The van der Waals surface area contributed by atoms with Crippen molar-refractivity contribution in [3.05, 3.63) is 41.7 Å². The Morgan fingerprint density at radius 3 is 2.54 bits per heavy atom. The number of nitrogens with zero attached hydrogens (tertiary/aromatic N) is 5. The van der Waals surface area contributed by atoms with E-state index in [1.807, 2.05) is 0 Å². The minimum absolute atomic E-state index is 0.0160. The third-order valence-electron chi connectivity index (χ3n) is 6.40. The second-order valence-corrected chi connectivity index (χ2v) is 8.48. The molecule has 2 aromatic rings. The number of amides is 1. The van der Waals surface area contributed by atoms with Gasteiger partial charge in [-0.15, -0.1) is 5.10 Å². The third-order valence-corrected chi connectivity index (χ3v) is 6.40. The first-order valence-electron chi connectivity index (χ1n) is 10.4. The number of carbonyl (C=O) groups is 1. The van der Waals surface area contributed by atoms with E-state index >= 15 is 0 Å². The van der Waals surface area contributed by atoms with E-state index in [2.05, 4.69) is 56.9 Å². The minimum Gasteiger partial charge on any atom is -0.352 e. The summed E-state index contributed by atoms with van der Waals surface area (Å²) >= 11 is 0. The van der Waals surface area contributed by atoms with Crippen molar-refractivity contribution in [3.8, 4) is 0 Å². The minimum atomic E-state index is -0.0160. The standard InChI is InChI=1S/C21H30N6O/c1-17-4-6-18(7-5-17)21(10-2-3-11-21)15-26-12-8-19(9-13-26)23-20(28)14-27-16-22-24-25-27/h4-7,16,19H,2-3,8-15H2,1H3,(H,23,28). The van der Waals surface area contributed by atoms with Gasteiger partial charge in [0.05, 0.1) is 0 Å². The smallest absolute Gasteiger partial charge is 0.242 e. The molecule has 7 heteroatoms. The first kappa shape index (κ1) is 19.1. The Morgan fingerprint density at radius 2 is 1.89 bits per heavy atom. The predicted molar refractivity (Wildman–Crippen MR) is 107 cm³/mol. The second kappa shape index (κ2) is 8.39. The van der Waals surface area contributed by atoms with E-state index in [9.17, 15) is 4.79 Å². The van der Waals surface area contributed by atoms with Crippen molar-refractivity contribution in [2.75, 3.05) is 19.6 Å². The molecule has 0 bridgehead atoms.